The normalized spacial score (nSPS) is 17.1. The van der Waals surface area contributed by atoms with Gasteiger partial charge in [-0.3, -0.25) is 4.79 Å². The molecule has 1 saturated carbocycles. The van der Waals surface area contributed by atoms with Gasteiger partial charge >= 0.3 is 12.1 Å². The van der Waals surface area contributed by atoms with Crippen LogP contribution in [-0.2, 0) is 19.1 Å². The van der Waals surface area contributed by atoms with Crippen LogP contribution in [0.15, 0.2) is 48.5 Å². The Bertz CT molecular complexity index is 1020. The van der Waals surface area contributed by atoms with Gasteiger partial charge in [-0.15, -0.1) is 0 Å². The molecular formula is C27H32N2O6. The molecule has 0 radical (unpaired) electrons. The maximum atomic E-state index is 12.7. The lowest BCUT2D eigenvalue weighted by Gasteiger charge is -2.29. The summed E-state index contributed by atoms with van der Waals surface area (Å²) in [7, 11) is 1.35. The van der Waals surface area contributed by atoms with Crippen molar-refractivity contribution >= 4 is 18.0 Å². The van der Waals surface area contributed by atoms with Crippen molar-refractivity contribution in [2.75, 3.05) is 20.3 Å². The smallest absolute Gasteiger partial charge is 0.407 e. The van der Waals surface area contributed by atoms with Crippen LogP contribution < -0.4 is 10.6 Å². The number of methoxy groups -OCH3 is 1. The number of hydrogen-bond acceptors (Lipinski definition) is 5. The van der Waals surface area contributed by atoms with Gasteiger partial charge in [-0.05, 0) is 41.0 Å². The second-order valence-corrected chi connectivity index (χ2v) is 9.15. The molecule has 2 aliphatic carbocycles. The predicted molar refractivity (Wildman–Crippen MR) is 130 cm³/mol. The molecule has 4 rings (SSSR count). The summed E-state index contributed by atoms with van der Waals surface area (Å²) >= 11 is 0. The Morgan fingerprint density at radius 2 is 1.57 bits per heavy atom. The van der Waals surface area contributed by atoms with Crippen LogP contribution in [-0.4, -0.2) is 55.5 Å². The van der Waals surface area contributed by atoms with Gasteiger partial charge in [0.2, 0.25) is 0 Å². The first kappa shape index (κ1) is 24.7. The lowest BCUT2D eigenvalue weighted by molar-refractivity contribution is -0.145. The van der Waals surface area contributed by atoms with E-state index in [1.54, 1.807) is 0 Å². The second kappa shape index (κ2) is 11.4. The molecule has 0 aliphatic heterocycles. The predicted octanol–water partition coefficient (Wildman–Crippen LogP) is 3.69. The Kier molecular flexibility index (Phi) is 8.02. The number of aliphatic carboxylic acids is 1. The zero-order valence-corrected chi connectivity index (χ0v) is 19.9. The molecule has 3 N–H and O–H groups in total. The van der Waals surface area contributed by atoms with Crippen molar-refractivity contribution in [1.29, 1.82) is 0 Å². The molecule has 2 aromatic carbocycles. The summed E-state index contributed by atoms with van der Waals surface area (Å²) in [6.07, 6.45) is 2.86. The highest BCUT2D eigenvalue weighted by Gasteiger charge is 2.33. The summed E-state index contributed by atoms with van der Waals surface area (Å²) in [5.74, 6) is -1.78. The highest BCUT2D eigenvalue weighted by molar-refractivity contribution is 5.87. The molecule has 2 unspecified atom stereocenters. The number of carbonyl (C=O) groups excluding carboxylic acids is 2. The van der Waals surface area contributed by atoms with E-state index in [0.29, 0.717) is 0 Å². The number of rotatable bonds is 9. The van der Waals surface area contributed by atoms with Crippen LogP contribution in [0.2, 0.25) is 0 Å². The molecule has 0 bridgehead atoms. The minimum atomic E-state index is -1.05. The highest BCUT2D eigenvalue weighted by Crippen LogP contribution is 2.44. The molecule has 0 saturated heterocycles. The minimum absolute atomic E-state index is 0.0681. The molecule has 8 nitrogen and oxygen atoms in total. The minimum Gasteiger partial charge on any atom is -0.480 e. The zero-order chi connectivity index (χ0) is 24.8. The number of fused-ring (bicyclic) bond motifs is 3. The molecule has 8 heteroatoms. The summed E-state index contributed by atoms with van der Waals surface area (Å²) in [5.41, 5.74) is 4.49. The Hall–Kier alpha value is -3.39. The number of ether oxygens (including phenoxy) is 2. The number of benzene rings is 2. The quantitative estimate of drug-likeness (QED) is 0.504. The van der Waals surface area contributed by atoms with Crippen molar-refractivity contribution in [2.24, 2.45) is 5.92 Å². The van der Waals surface area contributed by atoms with Crippen molar-refractivity contribution in [3.8, 4) is 11.1 Å². The summed E-state index contributed by atoms with van der Waals surface area (Å²) < 4.78 is 10.7. The van der Waals surface area contributed by atoms with Crippen molar-refractivity contribution in [3.63, 3.8) is 0 Å². The van der Waals surface area contributed by atoms with Crippen LogP contribution in [0.1, 0.15) is 49.1 Å². The van der Waals surface area contributed by atoms with Gasteiger partial charge in [0.05, 0.1) is 6.54 Å². The molecule has 2 atom stereocenters. The molecule has 0 heterocycles. The average Bonchev–Trinajstić information content (AvgIpc) is 3.20. The van der Waals surface area contributed by atoms with Gasteiger partial charge in [0.25, 0.3) is 5.91 Å². The van der Waals surface area contributed by atoms with Crippen LogP contribution in [0.3, 0.4) is 0 Å². The van der Waals surface area contributed by atoms with E-state index in [-0.39, 0.29) is 25.0 Å². The van der Waals surface area contributed by atoms with Gasteiger partial charge in [0.1, 0.15) is 12.6 Å². The summed E-state index contributed by atoms with van der Waals surface area (Å²) in [6, 6.07) is 15.2. The van der Waals surface area contributed by atoms with E-state index in [1.807, 2.05) is 36.4 Å². The van der Waals surface area contributed by atoms with E-state index in [1.165, 1.54) is 7.11 Å². The average molecular weight is 481 g/mol. The van der Waals surface area contributed by atoms with Crippen LogP contribution in [0.5, 0.6) is 0 Å². The number of amides is 2. The van der Waals surface area contributed by atoms with Gasteiger partial charge in [0.15, 0.2) is 6.10 Å². The van der Waals surface area contributed by atoms with Crippen molar-refractivity contribution in [3.05, 3.63) is 59.7 Å². The molecule has 2 amide bonds. The standard InChI is InChI=1S/C27H32N2O6/c1-34-23(25(30)29-24(26(31)32)17-9-3-2-4-10-17)15-28-27(33)35-16-22-20-13-7-5-11-18(20)19-12-6-8-14-21(19)22/h5-8,11-14,17,22-24H,2-4,9-10,15-16H2,1H3,(H,28,33)(H,29,30)(H,31,32). The van der Waals surface area contributed by atoms with E-state index in [2.05, 4.69) is 22.8 Å². The monoisotopic (exact) mass is 480 g/mol. The molecule has 1 fully saturated rings. The first-order valence-electron chi connectivity index (χ1n) is 12.1. The fraction of sp³-hybridized carbons (Fsp3) is 0.444. The maximum absolute atomic E-state index is 12.7. The van der Waals surface area contributed by atoms with Crippen molar-refractivity contribution < 1.29 is 29.0 Å². The Morgan fingerprint density at radius 1 is 0.971 bits per heavy atom. The third kappa shape index (κ3) is 5.65. The molecule has 2 aliphatic rings. The van der Waals surface area contributed by atoms with E-state index >= 15 is 0 Å². The number of nitrogens with one attached hydrogen (secondary N) is 2. The molecular weight excluding hydrogens is 448 g/mol. The summed E-state index contributed by atoms with van der Waals surface area (Å²) in [5, 5.41) is 14.8. The summed E-state index contributed by atoms with van der Waals surface area (Å²) in [6.45, 7) is 0.0302. The van der Waals surface area contributed by atoms with E-state index < -0.39 is 30.1 Å². The van der Waals surface area contributed by atoms with Gasteiger partial charge in [-0.1, -0.05) is 67.8 Å². The SMILES string of the molecule is COC(CNC(=O)OCC1c2ccccc2-c2ccccc21)C(=O)NC(C(=O)O)C1CCCCC1. The van der Waals surface area contributed by atoms with Gasteiger partial charge in [0, 0.05) is 13.0 Å². The Balaban J connectivity index is 1.30. The van der Waals surface area contributed by atoms with Gasteiger partial charge in [-0.25, -0.2) is 9.59 Å². The van der Waals surface area contributed by atoms with Crippen molar-refractivity contribution in [1.82, 2.24) is 10.6 Å². The van der Waals surface area contributed by atoms with Crippen LogP contribution in [0.4, 0.5) is 4.79 Å². The van der Waals surface area contributed by atoms with Crippen LogP contribution in [0.25, 0.3) is 11.1 Å². The number of carbonyl (C=O) groups is 3. The molecule has 0 aromatic heterocycles. The number of carboxylic acids is 1. The van der Waals surface area contributed by atoms with Crippen LogP contribution >= 0.6 is 0 Å². The van der Waals surface area contributed by atoms with E-state index in [0.717, 1.165) is 54.4 Å². The van der Waals surface area contributed by atoms with Gasteiger partial charge < -0.3 is 25.2 Å². The number of hydrogen-bond donors (Lipinski definition) is 3. The lowest BCUT2D eigenvalue weighted by atomic mass is 9.84. The largest absolute Gasteiger partial charge is 0.480 e. The third-order valence-corrected chi connectivity index (χ3v) is 7.04. The molecule has 35 heavy (non-hydrogen) atoms. The van der Waals surface area contributed by atoms with Gasteiger partial charge in [-0.2, -0.15) is 0 Å². The second-order valence-electron chi connectivity index (χ2n) is 9.15. The Labute approximate surface area is 205 Å². The lowest BCUT2D eigenvalue weighted by Crippen LogP contribution is -2.52. The first-order chi connectivity index (χ1) is 17.0. The number of alkyl carbamates (subject to hydrolysis) is 1. The first-order valence-corrected chi connectivity index (χ1v) is 12.1. The van der Waals surface area contributed by atoms with E-state index in [9.17, 15) is 19.5 Å². The molecule has 0 spiro atoms. The fourth-order valence-corrected chi connectivity index (χ4v) is 5.20. The fourth-order valence-electron chi connectivity index (χ4n) is 5.20. The topological polar surface area (TPSA) is 114 Å². The maximum Gasteiger partial charge on any atom is 0.407 e. The molecule has 2 aromatic rings. The van der Waals surface area contributed by atoms with E-state index in [4.69, 9.17) is 9.47 Å². The zero-order valence-electron chi connectivity index (χ0n) is 19.9. The van der Waals surface area contributed by atoms with Crippen molar-refractivity contribution in [2.45, 2.75) is 50.2 Å². The number of carboxylic acid groups (broad SMARTS) is 1. The Morgan fingerprint density at radius 3 is 2.14 bits per heavy atom. The summed E-state index contributed by atoms with van der Waals surface area (Å²) in [4.78, 5) is 36.9. The third-order valence-electron chi connectivity index (χ3n) is 7.04. The molecule has 186 valence electrons. The van der Waals surface area contributed by atoms with Crippen LogP contribution in [0, 0.1) is 5.92 Å². The highest BCUT2D eigenvalue weighted by atomic mass is 16.5.